The number of unbranched alkanes of at least 4 members (excludes halogenated alkanes) is 1. The standard InChI is InChI=1S/C47H53N6O15P3/c1-27-21-30(45(55)49-16-4-2-3-9-31-25-53(47(56)50-44(31)48)46-38(54)24-32(65-46)26-64-70(60,61)68-71(62,63)67-69(57,58)59)14-15-33(27)39-36-22-28-10-5-17-51-19-7-12-34(40(28)51)42(36)66-43-35-13-8-20-52-18-6-11-29(41(35)52)23-37(39)43/h14-15,21-23,25,32,38,46,54H,2,4-8,10-13,16-20,24,26H2,1H3,(H6-,48,49,50,55,56,57,58,59,60,61,62,63)/p+1. The Morgan fingerprint density at radius 3 is 2.46 bits per heavy atom. The first kappa shape index (κ1) is 49.5. The number of nitrogens with one attached hydrogen (secondary N) is 1. The third kappa shape index (κ3) is 10.2. The quantitative estimate of drug-likeness (QED) is 0.0386. The summed E-state index contributed by atoms with van der Waals surface area (Å²) in [5.74, 6) is 7.39. The number of aromatic nitrogens is 2. The molecule has 0 radical (unpaired) electrons. The fraction of sp³-hybridized carbons (Fsp3) is 0.447. The highest BCUT2D eigenvalue weighted by Gasteiger charge is 2.43. The molecule has 5 unspecified atom stereocenters. The molecular weight excluding hydrogens is 981 g/mol. The molecule has 1 saturated heterocycles. The molecule has 0 bridgehead atoms. The Morgan fingerprint density at radius 1 is 0.944 bits per heavy atom. The molecule has 8 N–H and O–H groups in total. The van der Waals surface area contributed by atoms with Gasteiger partial charge < -0.3 is 50.1 Å². The van der Waals surface area contributed by atoms with Crippen LogP contribution < -0.4 is 41.5 Å². The second kappa shape index (κ2) is 19.4. The predicted molar refractivity (Wildman–Crippen MR) is 257 cm³/mol. The summed E-state index contributed by atoms with van der Waals surface area (Å²) in [6, 6.07) is 10.7. The highest BCUT2D eigenvalue weighted by atomic mass is 31.3. The van der Waals surface area contributed by atoms with Gasteiger partial charge >= 0.3 is 29.2 Å². The van der Waals surface area contributed by atoms with Gasteiger partial charge in [0.2, 0.25) is 5.36 Å². The first-order valence-corrected chi connectivity index (χ1v) is 28.2. The van der Waals surface area contributed by atoms with Crippen LogP contribution in [0, 0.1) is 18.8 Å². The van der Waals surface area contributed by atoms with E-state index in [1.54, 1.807) is 0 Å². The lowest BCUT2D eigenvalue weighted by Crippen LogP contribution is -2.45. The van der Waals surface area contributed by atoms with Crippen LogP contribution >= 0.6 is 23.5 Å². The number of nitrogens with zero attached hydrogens (tertiary/aromatic N) is 4. The molecule has 7 heterocycles. The molecule has 0 spiro atoms. The zero-order valence-corrected chi connectivity index (χ0v) is 41.4. The maximum absolute atomic E-state index is 13.6. The molecule has 376 valence electrons. The molecule has 0 aliphatic carbocycles. The number of carbonyl (C=O) groups excluding carboxylic acids is 1. The highest BCUT2D eigenvalue weighted by Crippen LogP contribution is 2.66. The van der Waals surface area contributed by atoms with E-state index in [1.165, 1.54) is 45.1 Å². The predicted octanol–water partition coefficient (Wildman–Crippen LogP) is 3.12. The molecular formula is C47H54N6O15P3+. The van der Waals surface area contributed by atoms with Gasteiger partial charge in [-0.15, -0.1) is 0 Å². The van der Waals surface area contributed by atoms with Crippen molar-refractivity contribution in [3.05, 3.63) is 108 Å². The lowest BCUT2D eigenvalue weighted by atomic mass is 9.81. The molecule has 71 heavy (non-hydrogen) atoms. The number of carbonyl (C=O) groups is 1. The number of nitrogen functional groups attached to an aromatic ring is 1. The minimum absolute atomic E-state index is 0.131. The summed E-state index contributed by atoms with van der Waals surface area (Å²) in [5, 5.41) is 16.2. The summed E-state index contributed by atoms with van der Waals surface area (Å²) in [7, 11) is -16.8. The van der Waals surface area contributed by atoms with Gasteiger partial charge in [0.05, 0.1) is 23.8 Å². The maximum atomic E-state index is 13.6. The van der Waals surface area contributed by atoms with E-state index in [0.29, 0.717) is 24.9 Å². The molecule has 6 aliphatic heterocycles. The Bertz CT molecular complexity index is 3290. The topological polar surface area (TPSA) is 295 Å². The molecule has 4 aromatic rings. The molecule has 3 aromatic carbocycles. The smallest absolute Gasteiger partial charge is 0.455 e. The number of rotatable bonds is 13. The Hall–Kier alpha value is -5.03. The largest absolute Gasteiger partial charge is 0.490 e. The first-order chi connectivity index (χ1) is 33.8. The molecule has 1 aromatic heterocycles. The van der Waals surface area contributed by atoms with Crippen LogP contribution in [0.2, 0.25) is 0 Å². The normalized spacial score (nSPS) is 21.6. The van der Waals surface area contributed by atoms with Gasteiger partial charge in [-0.2, -0.15) is 13.6 Å². The third-order valence-electron chi connectivity index (χ3n) is 13.7. The van der Waals surface area contributed by atoms with Crippen molar-refractivity contribution in [2.75, 3.05) is 50.0 Å². The number of benzene rings is 3. The fourth-order valence-electron chi connectivity index (χ4n) is 10.9. The van der Waals surface area contributed by atoms with Crippen molar-refractivity contribution < 1.29 is 65.8 Å². The second-order valence-corrected chi connectivity index (χ2v) is 23.0. The van der Waals surface area contributed by atoms with Crippen molar-refractivity contribution in [2.24, 2.45) is 0 Å². The fourth-order valence-corrected chi connectivity index (χ4v) is 13.9. The van der Waals surface area contributed by atoms with Gasteiger partial charge in [-0.05, 0) is 92.8 Å². The van der Waals surface area contributed by atoms with E-state index >= 15 is 0 Å². The number of hydrogen-bond acceptors (Lipinski definition) is 14. The van der Waals surface area contributed by atoms with E-state index in [-0.39, 0.29) is 23.7 Å². The molecule has 0 saturated carbocycles. The van der Waals surface area contributed by atoms with Gasteiger partial charge in [-0.1, -0.05) is 17.9 Å². The van der Waals surface area contributed by atoms with Crippen molar-refractivity contribution in [2.45, 2.75) is 96.0 Å². The second-order valence-electron chi connectivity index (χ2n) is 18.6. The molecule has 1 amide bonds. The van der Waals surface area contributed by atoms with E-state index in [1.807, 2.05) is 12.1 Å². The van der Waals surface area contributed by atoms with Gasteiger partial charge in [0.1, 0.15) is 36.5 Å². The van der Waals surface area contributed by atoms with E-state index < -0.39 is 54.2 Å². The SMILES string of the molecule is Cc1cc(C(=O)NCCCC#Cc2cn(C3OC(COP(=O)(O)OP(=O)(O)OP(=O)(O)O)CC3O)c(=O)nc2N)ccc1C1=c2cc3c4c(c2Oc2c1cc1c5c2CCCN5CCC1)CCC[N+]=4CCC3. The first-order valence-electron chi connectivity index (χ1n) is 23.6. The van der Waals surface area contributed by atoms with Crippen molar-refractivity contribution in [3.8, 4) is 23.3 Å². The van der Waals surface area contributed by atoms with Crippen LogP contribution in [0.15, 0.2) is 41.3 Å². The Balaban J connectivity index is 0.816. The minimum Gasteiger partial charge on any atom is -0.455 e. The molecule has 6 aliphatic rings. The Kier molecular flexibility index (Phi) is 13.6. The van der Waals surface area contributed by atoms with Crippen LogP contribution in [0.25, 0.3) is 5.57 Å². The number of ether oxygens (including phenoxy) is 2. The molecule has 21 nitrogen and oxygen atoms in total. The van der Waals surface area contributed by atoms with E-state index in [9.17, 15) is 38.2 Å². The van der Waals surface area contributed by atoms with Crippen LogP contribution in [0.3, 0.4) is 0 Å². The van der Waals surface area contributed by atoms with Crippen molar-refractivity contribution in [1.82, 2.24) is 19.4 Å². The third-order valence-corrected chi connectivity index (χ3v) is 17.5. The zero-order valence-electron chi connectivity index (χ0n) is 38.7. The zero-order chi connectivity index (χ0) is 50.0. The summed E-state index contributed by atoms with van der Waals surface area (Å²) in [6.07, 6.45) is 6.31. The summed E-state index contributed by atoms with van der Waals surface area (Å²) < 4.78 is 63.0. The lowest BCUT2D eigenvalue weighted by Gasteiger charge is -2.39. The average molecular weight is 1040 g/mol. The summed E-state index contributed by atoms with van der Waals surface area (Å²) >= 11 is 0. The Morgan fingerprint density at radius 2 is 1.69 bits per heavy atom. The van der Waals surface area contributed by atoms with Crippen molar-refractivity contribution in [1.29, 1.82) is 0 Å². The van der Waals surface area contributed by atoms with Crippen LogP contribution in [-0.2, 0) is 57.3 Å². The van der Waals surface area contributed by atoms with Crippen LogP contribution in [0.1, 0.15) is 106 Å². The summed E-state index contributed by atoms with van der Waals surface area (Å²) in [6.45, 7) is 5.84. The van der Waals surface area contributed by atoms with E-state index in [0.717, 1.165) is 116 Å². The number of aliphatic hydroxyl groups excluding tert-OH is 1. The van der Waals surface area contributed by atoms with Crippen LogP contribution in [-0.4, -0.2) is 91.7 Å². The van der Waals surface area contributed by atoms with E-state index in [4.69, 9.17) is 25.0 Å². The molecule has 5 atom stereocenters. The van der Waals surface area contributed by atoms with Crippen molar-refractivity contribution in [3.63, 3.8) is 0 Å². The van der Waals surface area contributed by atoms with Gasteiger partial charge in [-0.3, -0.25) is 13.9 Å². The number of phosphoric acid groups is 3. The summed E-state index contributed by atoms with van der Waals surface area (Å²) in [4.78, 5) is 69.4. The van der Waals surface area contributed by atoms with Crippen molar-refractivity contribution >= 4 is 46.5 Å². The van der Waals surface area contributed by atoms with E-state index in [2.05, 4.69) is 69.9 Å². The van der Waals surface area contributed by atoms with Gasteiger partial charge in [0.15, 0.2) is 6.23 Å². The minimum atomic E-state index is -5.74. The molecule has 24 heteroatoms. The number of nitrogens with two attached hydrogens (primary N) is 1. The maximum Gasteiger partial charge on any atom is 0.490 e. The Labute approximate surface area is 407 Å². The number of anilines is 2. The lowest BCUT2D eigenvalue weighted by molar-refractivity contribution is -0.0523. The number of phosphoric ester groups is 1. The summed E-state index contributed by atoms with van der Waals surface area (Å²) in [5.41, 5.74) is 16.9. The number of fused-ring (bicyclic) bond motifs is 4. The average Bonchev–Trinajstić information content (AvgIpc) is 3.68. The van der Waals surface area contributed by atoms with Crippen LogP contribution in [0.4, 0.5) is 11.5 Å². The van der Waals surface area contributed by atoms with Crippen LogP contribution in [0.5, 0.6) is 11.5 Å². The monoisotopic (exact) mass is 1040 g/mol. The van der Waals surface area contributed by atoms with Gasteiger partial charge in [0.25, 0.3) is 5.91 Å². The highest BCUT2D eigenvalue weighted by molar-refractivity contribution is 7.66. The number of aliphatic hydroxyl groups is 1. The van der Waals surface area contributed by atoms with Gasteiger partial charge in [-0.25, -0.2) is 23.1 Å². The molecule has 10 rings (SSSR count). The number of aryl methyl sites for hydroxylation is 3. The number of hydrogen-bond donors (Lipinski definition) is 7. The number of amides is 1. The molecule has 1 fully saturated rings. The van der Waals surface area contributed by atoms with Gasteiger partial charge in [0, 0.05) is 90.2 Å².